The third kappa shape index (κ3) is 4.25. The predicted octanol–water partition coefficient (Wildman–Crippen LogP) is 3.97. The summed E-state index contributed by atoms with van der Waals surface area (Å²) in [5.41, 5.74) is 1.47. The van der Waals surface area contributed by atoms with Gasteiger partial charge in [-0.15, -0.1) is 0 Å². The third-order valence-corrected chi connectivity index (χ3v) is 3.45. The van der Waals surface area contributed by atoms with Gasteiger partial charge in [-0.25, -0.2) is 0 Å². The Labute approximate surface area is 137 Å². The minimum Gasteiger partial charge on any atom is -0.496 e. The maximum atomic E-state index is 12.6. The van der Waals surface area contributed by atoms with E-state index in [0.29, 0.717) is 11.3 Å². The molecule has 1 N–H and O–H groups in total. The number of carbonyl (C=O) groups is 1. The highest BCUT2D eigenvalue weighted by Gasteiger charge is 2.18. The van der Waals surface area contributed by atoms with E-state index in [2.05, 4.69) is 5.32 Å². The topological polar surface area (TPSA) is 47.6 Å². The van der Waals surface area contributed by atoms with Crippen LogP contribution >= 0.6 is 0 Å². The summed E-state index contributed by atoms with van der Waals surface area (Å²) in [4.78, 5) is 12.6. The second-order valence-corrected chi connectivity index (χ2v) is 5.60. The second kappa shape index (κ2) is 7.68. The summed E-state index contributed by atoms with van der Waals surface area (Å²) >= 11 is 0. The number of nitrogens with one attached hydrogen (secondary N) is 1. The number of hydrogen-bond donors (Lipinski definition) is 1. The van der Waals surface area contributed by atoms with E-state index >= 15 is 0 Å². The Hall–Kier alpha value is -2.49. The number of methoxy groups -OCH3 is 1. The molecule has 1 amide bonds. The molecule has 1 atom stereocenters. The molecular weight excluding hydrogens is 290 g/mol. The van der Waals surface area contributed by atoms with Crippen LogP contribution in [0, 0.1) is 0 Å². The van der Waals surface area contributed by atoms with Gasteiger partial charge in [-0.05, 0) is 39.0 Å². The maximum Gasteiger partial charge on any atom is 0.255 e. The fraction of sp³-hybridized carbons (Fsp3) is 0.316. The fourth-order valence-corrected chi connectivity index (χ4v) is 2.39. The van der Waals surface area contributed by atoms with Crippen LogP contribution in [0.25, 0.3) is 0 Å². The molecule has 0 aromatic heterocycles. The van der Waals surface area contributed by atoms with Gasteiger partial charge in [0, 0.05) is 5.56 Å². The van der Waals surface area contributed by atoms with Crippen LogP contribution in [0.15, 0.2) is 48.5 Å². The zero-order valence-electron chi connectivity index (χ0n) is 14.0. The number of hydrogen-bond acceptors (Lipinski definition) is 3. The Morgan fingerprint density at radius 3 is 2.22 bits per heavy atom. The number of ether oxygens (including phenoxy) is 2. The normalized spacial score (nSPS) is 11.9. The van der Waals surface area contributed by atoms with Crippen LogP contribution < -0.4 is 14.8 Å². The Bertz CT molecular complexity index is 667. The molecule has 0 heterocycles. The molecule has 2 rings (SSSR count). The standard InChI is InChI=1S/C19H23NO3/c1-13(2)23-18-12-8-6-10-16(18)19(21)20-14(3)15-9-5-7-11-17(15)22-4/h5-14H,1-4H3,(H,20,21)/t14-/m0/s1. The van der Waals surface area contributed by atoms with Crippen LogP contribution in [0.1, 0.15) is 42.7 Å². The molecular formula is C19H23NO3. The van der Waals surface area contributed by atoms with Gasteiger partial charge < -0.3 is 14.8 Å². The van der Waals surface area contributed by atoms with Gasteiger partial charge in [-0.2, -0.15) is 0 Å². The number of benzene rings is 2. The second-order valence-electron chi connectivity index (χ2n) is 5.60. The minimum absolute atomic E-state index is 0.00981. The average Bonchev–Trinajstić information content (AvgIpc) is 2.54. The van der Waals surface area contributed by atoms with Crippen molar-refractivity contribution in [2.45, 2.75) is 32.9 Å². The number of para-hydroxylation sites is 2. The summed E-state index contributed by atoms with van der Waals surface area (Å²) in [7, 11) is 1.62. The van der Waals surface area contributed by atoms with Crippen molar-refractivity contribution in [3.05, 3.63) is 59.7 Å². The Balaban J connectivity index is 2.19. The van der Waals surface area contributed by atoms with E-state index in [4.69, 9.17) is 9.47 Å². The van der Waals surface area contributed by atoms with Crippen LogP contribution in [0.4, 0.5) is 0 Å². The van der Waals surface area contributed by atoms with Gasteiger partial charge in [-0.3, -0.25) is 4.79 Å². The van der Waals surface area contributed by atoms with E-state index in [9.17, 15) is 4.79 Å². The molecule has 2 aromatic rings. The molecule has 0 aliphatic carbocycles. The molecule has 0 unspecified atom stereocenters. The fourth-order valence-electron chi connectivity index (χ4n) is 2.39. The van der Waals surface area contributed by atoms with Gasteiger partial charge in [0.25, 0.3) is 5.91 Å². The molecule has 0 saturated carbocycles. The van der Waals surface area contributed by atoms with Crippen molar-refractivity contribution in [2.75, 3.05) is 7.11 Å². The molecule has 0 fully saturated rings. The predicted molar refractivity (Wildman–Crippen MR) is 91.1 cm³/mol. The van der Waals surface area contributed by atoms with Gasteiger partial charge in [0.05, 0.1) is 24.8 Å². The zero-order chi connectivity index (χ0) is 16.8. The van der Waals surface area contributed by atoms with Crippen LogP contribution in [-0.4, -0.2) is 19.1 Å². The Morgan fingerprint density at radius 1 is 0.957 bits per heavy atom. The van der Waals surface area contributed by atoms with Crippen LogP contribution in [0.2, 0.25) is 0 Å². The first-order valence-corrected chi connectivity index (χ1v) is 7.72. The highest BCUT2D eigenvalue weighted by molar-refractivity contribution is 5.97. The largest absolute Gasteiger partial charge is 0.496 e. The lowest BCUT2D eigenvalue weighted by Crippen LogP contribution is -2.27. The highest BCUT2D eigenvalue weighted by atomic mass is 16.5. The lowest BCUT2D eigenvalue weighted by Gasteiger charge is -2.19. The van der Waals surface area contributed by atoms with Gasteiger partial charge in [0.1, 0.15) is 11.5 Å². The molecule has 4 heteroatoms. The maximum absolute atomic E-state index is 12.6. The Morgan fingerprint density at radius 2 is 1.57 bits per heavy atom. The van der Waals surface area contributed by atoms with Crippen LogP contribution in [0.3, 0.4) is 0 Å². The molecule has 0 spiro atoms. The summed E-state index contributed by atoms with van der Waals surface area (Å²) < 4.78 is 11.1. The van der Waals surface area contributed by atoms with Crippen LogP contribution in [0.5, 0.6) is 11.5 Å². The third-order valence-electron chi connectivity index (χ3n) is 3.45. The van der Waals surface area contributed by atoms with Crippen molar-refractivity contribution in [1.29, 1.82) is 0 Å². The zero-order valence-corrected chi connectivity index (χ0v) is 14.0. The van der Waals surface area contributed by atoms with Gasteiger partial charge >= 0.3 is 0 Å². The summed E-state index contributed by atoms with van der Waals surface area (Å²) in [5, 5.41) is 3.00. The number of amides is 1. The van der Waals surface area contributed by atoms with E-state index in [1.54, 1.807) is 13.2 Å². The monoisotopic (exact) mass is 313 g/mol. The van der Waals surface area contributed by atoms with Crippen molar-refractivity contribution < 1.29 is 14.3 Å². The lowest BCUT2D eigenvalue weighted by molar-refractivity contribution is 0.0933. The molecule has 122 valence electrons. The number of carbonyl (C=O) groups excluding carboxylic acids is 1. The quantitative estimate of drug-likeness (QED) is 0.877. The first-order valence-electron chi connectivity index (χ1n) is 7.72. The molecule has 0 saturated heterocycles. The van der Waals surface area contributed by atoms with Crippen molar-refractivity contribution in [3.63, 3.8) is 0 Å². The van der Waals surface area contributed by atoms with Crippen molar-refractivity contribution >= 4 is 5.91 Å². The summed E-state index contributed by atoms with van der Waals surface area (Å²) in [5.74, 6) is 1.18. The van der Waals surface area contributed by atoms with E-state index in [0.717, 1.165) is 11.3 Å². The number of rotatable bonds is 6. The smallest absolute Gasteiger partial charge is 0.255 e. The highest BCUT2D eigenvalue weighted by Crippen LogP contribution is 2.26. The van der Waals surface area contributed by atoms with Gasteiger partial charge in [0.2, 0.25) is 0 Å². The summed E-state index contributed by atoms with van der Waals surface area (Å²) in [6, 6.07) is 14.7. The van der Waals surface area contributed by atoms with Gasteiger partial charge in [-0.1, -0.05) is 30.3 Å². The molecule has 0 bridgehead atoms. The summed E-state index contributed by atoms with van der Waals surface area (Å²) in [6.07, 6.45) is 0.00981. The first-order chi connectivity index (χ1) is 11.0. The van der Waals surface area contributed by atoms with E-state index in [1.165, 1.54) is 0 Å². The lowest BCUT2D eigenvalue weighted by atomic mass is 10.1. The molecule has 2 aromatic carbocycles. The Kier molecular flexibility index (Phi) is 5.63. The van der Waals surface area contributed by atoms with Crippen molar-refractivity contribution in [3.8, 4) is 11.5 Å². The molecule has 4 nitrogen and oxygen atoms in total. The van der Waals surface area contributed by atoms with Crippen molar-refractivity contribution in [2.24, 2.45) is 0 Å². The SMILES string of the molecule is COc1ccccc1[C@H](C)NC(=O)c1ccccc1OC(C)C. The molecule has 0 aliphatic rings. The molecule has 0 radical (unpaired) electrons. The van der Waals surface area contributed by atoms with E-state index < -0.39 is 0 Å². The molecule has 0 aliphatic heterocycles. The van der Waals surface area contributed by atoms with E-state index in [-0.39, 0.29) is 18.1 Å². The average molecular weight is 313 g/mol. The van der Waals surface area contributed by atoms with Crippen molar-refractivity contribution in [1.82, 2.24) is 5.32 Å². The van der Waals surface area contributed by atoms with E-state index in [1.807, 2.05) is 63.2 Å². The summed E-state index contributed by atoms with van der Waals surface area (Å²) in [6.45, 7) is 5.81. The first kappa shape index (κ1) is 16.9. The van der Waals surface area contributed by atoms with Crippen LogP contribution in [-0.2, 0) is 0 Å². The molecule has 23 heavy (non-hydrogen) atoms. The van der Waals surface area contributed by atoms with Gasteiger partial charge in [0.15, 0.2) is 0 Å². The minimum atomic E-state index is -0.175.